The molecule has 24 heavy (non-hydrogen) atoms. The molecule has 2 rings (SSSR count). The van der Waals surface area contributed by atoms with Crippen molar-refractivity contribution in [3.63, 3.8) is 0 Å². The van der Waals surface area contributed by atoms with Crippen molar-refractivity contribution in [1.29, 1.82) is 0 Å². The third-order valence-corrected chi connectivity index (χ3v) is 4.42. The zero-order chi connectivity index (χ0) is 17.6. The monoisotopic (exact) mass is 349 g/mol. The Kier molecular flexibility index (Phi) is 6.08. The summed E-state index contributed by atoms with van der Waals surface area (Å²) in [6, 6.07) is 14.1. The van der Waals surface area contributed by atoms with E-state index in [9.17, 15) is 13.2 Å². The van der Waals surface area contributed by atoms with E-state index in [4.69, 9.17) is 9.29 Å². The predicted octanol–water partition coefficient (Wildman–Crippen LogP) is 2.29. The van der Waals surface area contributed by atoms with E-state index in [2.05, 4.69) is 4.72 Å². The molecule has 0 atom stereocenters. The van der Waals surface area contributed by atoms with Gasteiger partial charge in [0.2, 0.25) is 0 Å². The number of rotatable bonds is 8. The number of carboxylic acids is 1. The number of hydrogen-bond acceptors (Lipinski definition) is 4. The summed E-state index contributed by atoms with van der Waals surface area (Å²) in [4.78, 5) is 11.0. The number of carboxylic acid groups (broad SMARTS) is 1. The molecule has 0 amide bonds. The molecular weight excluding hydrogens is 330 g/mol. The Hall–Kier alpha value is -2.22. The van der Waals surface area contributed by atoms with Crippen molar-refractivity contribution in [2.45, 2.75) is 19.9 Å². The lowest BCUT2D eigenvalue weighted by Gasteiger charge is -2.09. The maximum absolute atomic E-state index is 11.8. The SMILES string of the molecule is Cc1cc(CNS(=O)(=O)OCCc2ccccc2)ccc1C(=O)O. The minimum absolute atomic E-state index is 0.0361. The first-order valence-corrected chi connectivity index (χ1v) is 8.79. The van der Waals surface area contributed by atoms with Crippen molar-refractivity contribution in [1.82, 2.24) is 4.72 Å². The van der Waals surface area contributed by atoms with Crippen LogP contribution in [0.4, 0.5) is 0 Å². The summed E-state index contributed by atoms with van der Waals surface area (Å²) in [5, 5.41) is 8.98. The van der Waals surface area contributed by atoms with E-state index >= 15 is 0 Å². The third-order valence-electron chi connectivity index (χ3n) is 3.45. The van der Waals surface area contributed by atoms with Gasteiger partial charge in [0.25, 0.3) is 0 Å². The predicted molar refractivity (Wildman–Crippen MR) is 90.0 cm³/mol. The standard InChI is InChI=1S/C17H19NO5S/c1-13-11-15(7-8-16(13)17(19)20)12-18-24(21,22)23-10-9-14-5-3-2-4-6-14/h2-8,11,18H,9-10,12H2,1H3,(H,19,20). The van der Waals surface area contributed by atoms with Crippen LogP contribution >= 0.6 is 0 Å². The molecule has 0 radical (unpaired) electrons. The Morgan fingerprint density at radius 3 is 2.46 bits per heavy atom. The second-order valence-corrected chi connectivity index (χ2v) is 6.72. The molecule has 0 bridgehead atoms. The highest BCUT2D eigenvalue weighted by molar-refractivity contribution is 7.84. The smallest absolute Gasteiger partial charge is 0.336 e. The number of benzene rings is 2. The van der Waals surface area contributed by atoms with Crippen molar-refractivity contribution in [3.8, 4) is 0 Å². The van der Waals surface area contributed by atoms with Crippen molar-refractivity contribution in [2.24, 2.45) is 0 Å². The van der Waals surface area contributed by atoms with Gasteiger partial charge in [-0.05, 0) is 36.1 Å². The second-order valence-electron chi connectivity index (χ2n) is 5.29. The van der Waals surface area contributed by atoms with E-state index in [1.54, 1.807) is 19.1 Å². The largest absolute Gasteiger partial charge is 0.478 e. The molecule has 0 fully saturated rings. The first-order valence-electron chi connectivity index (χ1n) is 7.38. The summed E-state index contributed by atoms with van der Waals surface area (Å²) < 4.78 is 30.9. The molecule has 128 valence electrons. The zero-order valence-corrected chi connectivity index (χ0v) is 14.0. The number of hydrogen-bond donors (Lipinski definition) is 2. The average Bonchev–Trinajstić information content (AvgIpc) is 2.53. The van der Waals surface area contributed by atoms with Crippen molar-refractivity contribution < 1.29 is 22.5 Å². The van der Waals surface area contributed by atoms with Gasteiger partial charge in [-0.1, -0.05) is 42.5 Å². The van der Waals surface area contributed by atoms with Crippen LogP contribution in [0, 0.1) is 6.92 Å². The quantitative estimate of drug-likeness (QED) is 0.763. The van der Waals surface area contributed by atoms with Crippen molar-refractivity contribution in [3.05, 3.63) is 70.8 Å². The molecular formula is C17H19NO5S. The summed E-state index contributed by atoms with van der Waals surface area (Å²) in [6.07, 6.45) is 0.494. The van der Waals surface area contributed by atoms with Crippen LogP contribution in [0.25, 0.3) is 0 Å². The molecule has 2 aromatic carbocycles. The van der Waals surface area contributed by atoms with E-state index in [1.165, 1.54) is 6.07 Å². The van der Waals surface area contributed by atoms with Crippen LogP contribution in [-0.4, -0.2) is 26.1 Å². The number of carbonyl (C=O) groups is 1. The lowest BCUT2D eigenvalue weighted by Crippen LogP contribution is -2.26. The number of nitrogens with one attached hydrogen (secondary N) is 1. The van der Waals surface area contributed by atoms with Crippen LogP contribution in [0.3, 0.4) is 0 Å². The minimum atomic E-state index is -3.86. The summed E-state index contributed by atoms with van der Waals surface area (Å²) >= 11 is 0. The van der Waals surface area contributed by atoms with Crippen LogP contribution in [0.5, 0.6) is 0 Å². The topological polar surface area (TPSA) is 92.7 Å². The fraction of sp³-hybridized carbons (Fsp3) is 0.235. The van der Waals surface area contributed by atoms with Gasteiger partial charge in [0, 0.05) is 6.54 Å². The maximum Gasteiger partial charge on any atom is 0.336 e. The van der Waals surface area contributed by atoms with Crippen LogP contribution < -0.4 is 4.72 Å². The summed E-state index contributed by atoms with van der Waals surface area (Å²) in [7, 11) is -3.86. The van der Waals surface area contributed by atoms with Gasteiger partial charge in [-0.2, -0.15) is 13.1 Å². The highest BCUT2D eigenvalue weighted by Gasteiger charge is 2.12. The van der Waals surface area contributed by atoms with E-state index in [-0.39, 0.29) is 18.7 Å². The van der Waals surface area contributed by atoms with E-state index in [0.717, 1.165) is 5.56 Å². The lowest BCUT2D eigenvalue weighted by atomic mass is 10.1. The molecule has 2 aromatic rings. The van der Waals surface area contributed by atoms with Crippen LogP contribution in [-0.2, 0) is 27.5 Å². The Balaban J connectivity index is 1.86. The molecule has 0 aliphatic carbocycles. The molecule has 0 heterocycles. The molecule has 7 heteroatoms. The van der Waals surface area contributed by atoms with Crippen LogP contribution in [0.2, 0.25) is 0 Å². The first-order chi connectivity index (χ1) is 11.4. The maximum atomic E-state index is 11.8. The van der Waals surface area contributed by atoms with E-state index in [0.29, 0.717) is 17.5 Å². The highest BCUT2D eigenvalue weighted by Crippen LogP contribution is 2.11. The Bertz CT molecular complexity index is 803. The summed E-state index contributed by atoms with van der Waals surface area (Å²) in [5.41, 5.74) is 2.42. The molecule has 0 saturated carbocycles. The van der Waals surface area contributed by atoms with Gasteiger partial charge < -0.3 is 5.11 Å². The van der Waals surface area contributed by atoms with Gasteiger partial charge >= 0.3 is 16.3 Å². The first kappa shape index (κ1) is 18.1. The number of aryl methyl sites for hydroxylation is 1. The molecule has 0 spiro atoms. The highest BCUT2D eigenvalue weighted by atomic mass is 32.2. The van der Waals surface area contributed by atoms with Crippen LogP contribution in [0.15, 0.2) is 48.5 Å². The van der Waals surface area contributed by atoms with Gasteiger partial charge in [-0.25, -0.2) is 4.79 Å². The van der Waals surface area contributed by atoms with Crippen molar-refractivity contribution in [2.75, 3.05) is 6.61 Å². The van der Waals surface area contributed by atoms with Gasteiger partial charge in [0.05, 0.1) is 12.2 Å². The van der Waals surface area contributed by atoms with Crippen LogP contribution in [0.1, 0.15) is 27.0 Å². The van der Waals surface area contributed by atoms with Gasteiger partial charge in [-0.3, -0.25) is 4.18 Å². The lowest BCUT2D eigenvalue weighted by molar-refractivity contribution is 0.0696. The zero-order valence-electron chi connectivity index (χ0n) is 13.2. The third kappa shape index (κ3) is 5.45. The van der Waals surface area contributed by atoms with E-state index < -0.39 is 16.3 Å². The van der Waals surface area contributed by atoms with Crippen molar-refractivity contribution >= 4 is 16.3 Å². The second kappa shape index (κ2) is 8.05. The summed E-state index contributed by atoms with van der Waals surface area (Å²) in [6.45, 7) is 1.75. The minimum Gasteiger partial charge on any atom is -0.478 e. The number of aromatic carboxylic acids is 1. The normalized spacial score (nSPS) is 11.4. The fourth-order valence-corrected chi connectivity index (χ4v) is 2.93. The molecule has 6 nitrogen and oxygen atoms in total. The van der Waals surface area contributed by atoms with E-state index in [1.807, 2.05) is 30.3 Å². The molecule has 0 aliphatic rings. The molecule has 0 aromatic heterocycles. The Labute approximate surface area is 141 Å². The molecule has 0 saturated heterocycles. The molecule has 0 aliphatic heterocycles. The van der Waals surface area contributed by atoms with Gasteiger partial charge in [0.1, 0.15) is 0 Å². The summed E-state index contributed by atoms with van der Waals surface area (Å²) in [5.74, 6) is -1.01. The molecule has 0 unspecified atom stereocenters. The van der Waals surface area contributed by atoms with Gasteiger partial charge in [-0.15, -0.1) is 0 Å². The van der Waals surface area contributed by atoms with Gasteiger partial charge in [0.15, 0.2) is 0 Å². The Morgan fingerprint density at radius 2 is 1.83 bits per heavy atom. The fourth-order valence-electron chi connectivity index (χ4n) is 2.20. The molecule has 2 N–H and O–H groups in total. The average molecular weight is 349 g/mol. The Morgan fingerprint density at radius 1 is 1.12 bits per heavy atom.